The van der Waals surface area contributed by atoms with E-state index in [4.69, 9.17) is 20.4 Å². The van der Waals surface area contributed by atoms with E-state index in [-0.39, 0.29) is 6.61 Å². The van der Waals surface area contributed by atoms with Crippen molar-refractivity contribution in [1.82, 2.24) is 0 Å². The zero-order chi connectivity index (χ0) is 7.72. The molecular weight excluding hydrogens is 142 g/mol. The molecule has 0 aromatic carbocycles. The lowest BCUT2D eigenvalue weighted by Gasteiger charge is -2.31. The van der Waals surface area contributed by atoms with Gasteiger partial charge in [-0.1, -0.05) is 0 Å². The second-order valence-electron chi connectivity index (χ2n) is 2.27. The Morgan fingerprint density at radius 3 is 2.10 bits per heavy atom. The molecule has 1 unspecified atom stereocenters. The highest BCUT2D eigenvalue weighted by Gasteiger charge is 2.36. The number of ether oxygens (including phenoxy) is 1. The van der Waals surface area contributed by atoms with E-state index in [0.717, 1.165) is 0 Å². The van der Waals surface area contributed by atoms with Gasteiger partial charge in [-0.2, -0.15) is 0 Å². The summed E-state index contributed by atoms with van der Waals surface area (Å²) >= 11 is 0. The Morgan fingerprint density at radius 2 is 1.60 bits per heavy atom. The lowest BCUT2D eigenvalue weighted by molar-refractivity contribution is -0.252. The predicted octanol–water partition coefficient (Wildman–Crippen LogP) is -2.58. The number of aliphatic hydroxyl groups excluding tert-OH is 4. The third-order valence-corrected chi connectivity index (χ3v) is 1.47. The van der Waals surface area contributed by atoms with Crippen molar-refractivity contribution < 1.29 is 25.2 Å². The van der Waals surface area contributed by atoms with E-state index in [0.29, 0.717) is 0 Å². The summed E-state index contributed by atoms with van der Waals surface area (Å²) in [6.45, 7) is -0.153. The monoisotopic (exact) mass is 152 g/mol. The summed E-state index contributed by atoms with van der Waals surface area (Å²) in [5.74, 6) is 0. The summed E-state index contributed by atoms with van der Waals surface area (Å²) in [5.41, 5.74) is 0. The maximum absolute atomic E-state index is 8.88. The van der Waals surface area contributed by atoms with Gasteiger partial charge >= 0.3 is 0 Å². The molecule has 5 heteroatoms. The van der Waals surface area contributed by atoms with Gasteiger partial charge < -0.3 is 25.2 Å². The molecule has 0 bridgehead atoms. The van der Waals surface area contributed by atoms with E-state index in [1.807, 2.05) is 0 Å². The average molecular weight is 152 g/mol. The fraction of sp³-hybridized carbons (Fsp3) is 1.00. The summed E-state index contributed by atoms with van der Waals surface area (Å²) in [7, 11) is 0. The van der Waals surface area contributed by atoms with E-state index >= 15 is 0 Å². The van der Waals surface area contributed by atoms with Crippen molar-refractivity contribution in [1.29, 1.82) is 0 Å². The van der Waals surface area contributed by atoms with Gasteiger partial charge in [0.2, 0.25) is 0 Å². The third kappa shape index (κ3) is 1.28. The van der Waals surface area contributed by atoms with Gasteiger partial charge in [-0.05, 0) is 0 Å². The van der Waals surface area contributed by atoms with Crippen LogP contribution in [0.25, 0.3) is 0 Å². The zero-order valence-corrected chi connectivity index (χ0v) is 5.21. The summed E-state index contributed by atoms with van der Waals surface area (Å²) in [5, 5.41) is 35.3. The average Bonchev–Trinajstić information content (AvgIpc) is 1.93. The normalized spacial score (nSPS) is 49.2. The number of rotatable bonds is 0. The Bertz CT molecular complexity index is 103. The summed E-state index contributed by atoms with van der Waals surface area (Å²) < 4.78 is 4.47. The lowest BCUT2D eigenvalue weighted by Crippen LogP contribution is -2.52. The van der Waals surface area contributed by atoms with Crippen molar-refractivity contribution in [2.24, 2.45) is 0 Å². The first-order valence-electron chi connectivity index (χ1n) is 2.97. The number of hydrogen-bond acceptors (Lipinski definition) is 5. The lowest BCUT2D eigenvalue weighted by atomic mass is 10.2. The zero-order valence-electron chi connectivity index (χ0n) is 5.21. The fourth-order valence-corrected chi connectivity index (χ4v) is 0.791. The standard InChI is InChI=1S/C5H10O5/c6-2-1-10-5(9)4(8)3(2)7/h2-9H,1H2/t2-,3-,4-,5?/m1/s1/i1+1,5+1. The van der Waals surface area contributed by atoms with Crippen molar-refractivity contribution in [3.05, 3.63) is 0 Å². The Labute approximate surface area is 57.5 Å². The van der Waals surface area contributed by atoms with Gasteiger partial charge in [-0.3, -0.25) is 0 Å². The molecule has 1 aliphatic rings. The van der Waals surface area contributed by atoms with Crippen molar-refractivity contribution in [3.63, 3.8) is 0 Å². The molecule has 60 valence electrons. The molecule has 1 rings (SSSR count). The van der Waals surface area contributed by atoms with Gasteiger partial charge in [-0.15, -0.1) is 0 Å². The molecule has 5 nitrogen and oxygen atoms in total. The van der Waals surface area contributed by atoms with Gasteiger partial charge in [0, 0.05) is 0 Å². The highest BCUT2D eigenvalue weighted by atomic mass is 16.8. The molecule has 0 saturated carbocycles. The van der Waals surface area contributed by atoms with Gasteiger partial charge in [0.15, 0.2) is 6.29 Å². The van der Waals surface area contributed by atoms with E-state index in [1.165, 1.54) is 0 Å². The predicted molar refractivity (Wildman–Crippen MR) is 30.0 cm³/mol. The van der Waals surface area contributed by atoms with Crippen LogP contribution in [0.3, 0.4) is 0 Å². The fourth-order valence-electron chi connectivity index (χ4n) is 0.791. The molecule has 10 heavy (non-hydrogen) atoms. The molecular formula is C5H10O5. The maximum atomic E-state index is 8.88. The first kappa shape index (κ1) is 7.90. The highest BCUT2D eigenvalue weighted by Crippen LogP contribution is 2.12. The Kier molecular flexibility index (Phi) is 2.22. The first-order chi connectivity index (χ1) is 4.63. The number of aliphatic hydroxyl groups is 4. The minimum atomic E-state index is -1.41. The second-order valence-corrected chi connectivity index (χ2v) is 2.27. The summed E-state index contributed by atoms with van der Waals surface area (Å²) in [6.07, 6.45) is -5.23. The van der Waals surface area contributed by atoms with E-state index in [1.54, 1.807) is 0 Å². The quantitative estimate of drug-likeness (QED) is 0.286. The molecule has 0 spiro atoms. The van der Waals surface area contributed by atoms with Gasteiger partial charge in [0.05, 0.1) is 6.61 Å². The maximum Gasteiger partial charge on any atom is 0.183 e. The van der Waals surface area contributed by atoms with Gasteiger partial charge in [0.1, 0.15) is 18.3 Å². The molecule has 0 aromatic heterocycles. The first-order valence-corrected chi connectivity index (χ1v) is 2.97. The largest absolute Gasteiger partial charge is 0.388 e. The Hall–Kier alpha value is -0.200. The van der Waals surface area contributed by atoms with Crippen LogP contribution in [0.1, 0.15) is 0 Å². The molecule has 1 saturated heterocycles. The van der Waals surface area contributed by atoms with Crippen LogP contribution in [-0.2, 0) is 4.74 Å². The molecule has 1 heterocycles. The molecule has 1 fully saturated rings. The Balaban J connectivity index is 2.52. The molecule has 0 aliphatic carbocycles. The summed E-state index contributed by atoms with van der Waals surface area (Å²) in [6, 6.07) is 0. The Morgan fingerprint density at radius 1 is 1.00 bits per heavy atom. The van der Waals surface area contributed by atoms with Crippen molar-refractivity contribution in [3.8, 4) is 0 Å². The van der Waals surface area contributed by atoms with E-state index in [9.17, 15) is 0 Å². The molecule has 4 N–H and O–H groups in total. The van der Waals surface area contributed by atoms with Crippen LogP contribution in [0.5, 0.6) is 0 Å². The van der Waals surface area contributed by atoms with Crippen molar-refractivity contribution in [2.75, 3.05) is 6.61 Å². The van der Waals surface area contributed by atoms with Crippen molar-refractivity contribution in [2.45, 2.75) is 24.6 Å². The van der Waals surface area contributed by atoms with Crippen LogP contribution >= 0.6 is 0 Å². The number of hydrogen-bond donors (Lipinski definition) is 4. The van der Waals surface area contributed by atoms with E-state index < -0.39 is 24.6 Å². The minimum Gasteiger partial charge on any atom is -0.388 e. The van der Waals surface area contributed by atoms with Crippen LogP contribution in [0.4, 0.5) is 0 Å². The molecule has 0 radical (unpaired) electrons. The third-order valence-electron chi connectivity index (χ3n) is 1.47. The van der Waals surface area contributed by atoms with E-state index in [2.05, 4.69) is 4.74 Å². The molecule has 0 amide bonds. The topological polar surface area (TPSA) is 90.2 Å². The second kappa shape index (κ2) is 2.81. The van der Waals surface area contributed by atoms with Crippen LogP contribution in [0, 0.1) is 0 Å². The van der Waals surface area contributed by atoms with Crippen LogP contribution in [0.15, 0.2) is 0 Å². The molecule has 4 atom stereocenters. The van der Waals surface area contributed by atoms with Crippen LogP contribution in [-0.4, -0.2) is 51.6 Å². The summed E-state index contributed by atoms with van der Waals surface area (Å²) in [4.78, 5) is 0. The SMILES string of the molecule is O[C@@H]1[C@H](O)[13CH2]O[13CH](O)[C@@H]1O. The van der Waals surface area contributed by atoms with Crippen molar-refractivity contribution >= 4 is 0 Å². The van der Waals surface area contributed by atoms with Crippen LogP contribution < -0.4 is 0 Å². The van der Waals surface area contributed by atoms with Gasteiger partial charge in [0.25, 0.3) is 0 Å². The van der Waals surface area contributed by atoms with Crippen LogP contribution in [0.2, 0.25) is 0 Å². The smallest absolute Gasteiger partial charge is 0.183 e. The highest BCUT2D eigenvalue weighted by molar-refractivity contribution is 4.81. The van der Waals surface area contributed by atoms with Gasteiger partial charge in [-0.25, -0.2) is 0 Å². The minimum absolute atomic E-state index is 0.153. The molecule has 1 aliphatic heterocycles. The molecule has 0 aromatic rings.